The van der Waals surface area contributed by atoms with Crippen LogP contribution in [0, 0.1) is 0 Å². The molecular formula is C42H27N3. The standard InChI is InChI=1S/C42H27N3/c1-3-11-28(12-4-1)38-27-39(29-13-5-2-6-14-29)44-42(43-38)34-20-19-33-24-35(22-21-32(33)23-34)45-40-18-10-9-17-36(40)37-25-30-15-7-8-16-31(30)26-41(37)45/h1-27H. The molecule has 0 radical (unpaired) electrons. The summed E-state index contributed by atoms with van der Waals surface area (Å²) in [5, 5.41) is 7.35. The van der Waals surface area contributed by atoms with Crippen LogP contribution in [0.25, 0.3) is 82.9 Å². The van der Waals surface area contributed by atoms with E-state index in [9.17, 15) is 0 Å². The molecule has 0 bridgehead atoms. The van der Waals surface area contributed by atoms with E-state index in [1.165, 1.54) is 38.0 Å². The third kappa shape index (κ3) is 4.37. The lowest BCUT2D eigenvalue weighted by molar-refractivity contribution is 1.18. The van der Waals surface area contributed by atoms with Crippen molar-refractivity contribution in [2.45, 2.75) is 0 Å². The Hall–Kier alpha value is -6.06. The molecule has 0 fully saturated rings. The minimum Gasteiger partial charge on any atom is -0.309 e. The summed E-state index contributed by atoms with van der Waals surface area (Å²) in [5.41, 5.74) is 8.52. The minimum absolute atomic E-state index is 0.718. The van der Waals surface area contributed by atoms with Crippen LogP contribution in [0.5, 0.6) is 0 Å². The van der Waals surface area contributed by atoms with Gasteiger partial charge in [-0.15, -0.1) is 0 Å². The summed E-state index contributed by atoms with van der Waals surface area (Å²) in [6.07, 6.45) is 0. The summed E-state index contributed by atoms with van der Waals surface area (Å²) in [6, 6.07) is 57.9. The van der Waals surface area contributed by atoms with Gasteiger partial charge in [-0.2, -0.15) is 0 Å². The predicted octanol–water partition coefficient (Wildman–Crippen LogP) is 10.9. The van der Waals surface area contributed by atoms with Crippen LogP contribution in [0.2, 0.25) is 0 Å². The molecule has 0 aliphatic carbocycles. The monoisotopic (exact) mass is 573 g/mol. The fourth-order valence-corrected chi connectivity index (χ4v) is 6.53. The summed E-state index contributed by atoms with van der Waals surface area (Å²) in [4.78, 5) is 10.1. The van der Waals surface area contributed by atoms with Crippen molar-refractivity contribution in [2.24, 2.45) is 0 Å². The molecule has 2 heterocycles. The van der Waals surface area contributed by atoms with Gasteiger partial charge < -0.3 is 4.57 Å². The Bertz CT molecular complexity index is 2470. The highest BCUT2D eigenvalue weighted by molar-refractivity contribution is 6.13. The SMILES string of the molecule is c1ccc(-c2cc(-c3ccccc3)nc(-c3ccc4cc(-n5c6ccccc6c6cc7ccccc7cc65)ccc4c3)n2)cc1. The fourth-order valence-electron chi connectivity index (χ4n) is 6.53. The van der Waals surface area contributed by atoms with Gasteiger partial charge in [0.15, 0.2) is 5.82 Å². The smallest absolute Gasteiger partial charge is 0.160 e. The summed E-state index contributed by atoms with van der Waals surface area (Å²) < 4.78 is 2.39. The molecule has 0 aliphatic heterocycles. The largest absolute Gasteiger partial charge is 0.309 e. The minimum atomic E-state index is 0.718. The van der Waals surface area contributed by atoms with E-state index in [2.05, 4.69) is 132 Å². The van der Waals surface area contributed by atoms with Crippen LogP contribution in [0.15, 0.2) is 164 Å². The summed E-state index contributed by atoms with van der Waals surface area (Å²) in [7, 11) is 0. The highest BCUT2D eigenvalue weighted by Crippen LogP contribution is 2.36. The van der Waals surface area contributed by atoms with Gasteiger partial charge in [-0.3, -0.25) is 0 Å². The van der Waals surface area contributed by atoms with Crippen molar-refractivity contribution in [1.29, 1.82) is 0 Å². The molecule has 210 valence electrons. The van der Waals surface area contributed by atoms with Gasteiger partial charge in [-0.05, 0) is 64.0 Å². The van der Waals surface area contributed by atoms with E-state index in [4.69, 9.17) is 9.97 Å². The normalized spacial score (nSPS) is 11.6. The molecule has 9 aromatic rings. The van der Waals surface area contributed by atoms with E-state index >= 15 is 0 Å². The first-order valence-electron chi connectivity index (χ1n) is 15.2. The molecule has 2 aromatic heterocycles. The van der Waals surface area contributed by atoms with E-state index < -0.39 is 0 Å². The zero-order valence-corrected chi connectivity index (χ0v) is 24.4. The summed E-state index contributed by atoms with van der Waals surface area (Å²) in [5.74, 6) is 0.718. The molecule has 9 rings (SSSR count). The molecule has 0 saturated carbocycles. The number of hydrogen-bond acceptors (Lipinski definition) is 2. The van der Waals surface area contributed by atoms with Crippen LogP contribution in [0.3, 0.4) is 0 Å². The lowest BCUT2D eigenvalue weighted by Crippen LogP contribution is -1.96. The molecule has 0 amide bonds. The number of nitrogens with zero attached hydrogens (tertiary/aromatic N) is 3. The van der Waals surface area contributed by atoms with Gasteiger partial charge in [0.1, 0.15) is 0 Å². The van der Waals surface area contributed by atoms with E-state index in [0.29, 0.717) is 0 Å². The van der Waals surface area contributed by atoms with Crippen molar-refractivity contribution in [3.05, 3.63) is 164 Å². The average Bonchev–Trinajstić information content (AvgIpc) is 3.44. The Kier molecular flexibility index (Phi) is 5.82. The van der Waals surface area contributed by atoms with Crippen molar-refractivity contribution in [1.82, 2.24) is 14.5 Å². The molecule has 3 nitrogen and oxygen atoms in total. The maximum absolute atomic E-state index is 5.04. The molecule has 3 heteroatoms. The number of para-hydroxylation sites is 1. The lowest BCUT2D eigenvalue weighted by atomic mass is 10.0. The number of benzene rings is 7. The van der Waals surface area contributed by atoms with E-state index in [0.717, 1.165) is 45.0 Å². The van der Waals surface area contributed by atoms with Crippen LogP contribution in [-0.2, 0) is 0 Å². The number of rotatable bonds is 4. The van der Waals surface area contributed by atoms with Gasteiger partial charge in [0, 0.05) is 33.2 Å². The van der Waals surface area contributed by atoms with Gasteiger partial charge in [-0.25, -0.2) is 9.97 Å². The number of hydrogen-bond donors (Lipinski definition) is 0. The first-order chi connectivity index (χ1) is 22.3. The maximum Gasteiger partial charge on any atom is 0.160 e. The first-order valence-corrected chi connectivity index (χ1v) is 15.2. The van der Waals surface area contributed by atoms with Crippen molar-refractivity contribution in [3.8, 4) is 39.6 Å². The van der Waals surface area contributed by atoms with Crippen LogP contribution in [0.4, 0.5) is 0 Å². The van der Waals surface area contributed by atoms with Crippen LogP contribution in [0.1, 0.15) is 0 Å². The van der Waals surface area contributed by atoms with E-state index in [1.54, 1.807) is 0 Å². The Balaban J connectivity index is 1.19. The first kappa shape index (κ1) is 25.4. The maximum atomic E-state index is 5.04. The van der Waals surface area contributed by atoms with Gasteiger partial charge in [0.05, 0.1) is 22.4 Å². The Labute approximate surface area is 260 Å². The Morgan fingerprint density at radius 3 is 1.67 bits per heavy atom. The third-order valence-electron chi connectivity index (χ3n) is 8.75. The highest BCUT2D eigenvalue weighted by Gasteiger charge is 2.15. The van der Waals surface area contributed by atoms with Gasteiger partial charge in [0.2, 0.25) is 0 Å². The number of fused-ring (bicyclic) bond motifs is 5. The van der Waals surface area contributed by atoms with Crippen LogP contribution in [-0.4, -0.2) is 14.5 Å². The molecule has 0 atom stereocenters. The average molecular weight is 574 g/mol. The second-order valence-corrected chi connectivity index (χ2v) is 11.5. The fraction of sp³-hybridized carbons (Fsp3) is 0. The van der Waals surface area contributed by atoms with Crippen molar-refractivity contribution >= 4 is 43.4 Å². The topological polar surface area (TPSA) is 30.7 Å². The Morgan fingerprint density at radius 1 is 0.356 bits per heavy atom. The molecule has 0 aliphatic rings. The highest BCUT2D eigenvalue weighted by atomic mass is 15.0. The van der Waals surface area contributed by atoms with Crippen molar-refractivity contribution in [3.63, 3.8) is 0 Å². The molecule has 0 unspecified atom stereocenters. The van der Waals surface area contributed by atoms with Crippen LogP contribution >= 0.6 is 0 Å². The van der Waals surface area contributed by atoms with Crippen LogP contribution < -0.4 is 0 Å². The zero-order chi connectivity index (χ0) is 29.7. The van der Waals surface area contributed by atoms with Gasteiger partial charge in [-0.1, -0.05) is 121 Å². The van der Waals surface area contributed by atoms with Crippen molar-refractivity contribution in [2.75, 3.05) is 0 Å². The van der Waals surface area contributed by atoms with E-state index in [1.807, 2.05) is 36.4 Å². The van der Waals surface area contributed by atoms with Gasteiger partial charge in [0.25, 0.3) is 0 Å². The number of aromatic nitrogens is 3. The molecular weight excluding hydrogens is 546 g/mol. The second kappa shape index (κ2) is 10.3. The predicted molar refractivity (Wildman–Crippen MR) is 188 cm³/mol. The lowest BCUT2D eigenvalue weighted by Gasteiger charge is -2.12. The quantitative estimate of drug-likeness (QED) is 0.210. The summed E-state index contributed by atoms with van der Waals surface area (Å²) in [6.45, 7) is 0. The summed E-state index contributed by atoms with van der Waals surface area (Å²) >= 11 is 0. The second-order valence-electron chi connectivity index (χ2n) is 11.5. The molecule has 0 N–H and O–H groups in total. The van der Waals surface area contributed by atoms with E-state index in [-0.39, 0.29) is 0 Å². The third-order valence-corrected chi connectivity index (χ3v) is 8.75. The van der Waals surface area contributed by atoms with Gasteiger partial charge >= 0.3 is 0 Å². The Morgan fingerprint density at radius 2 is 0.933 bits per heavy atom. The zero-order valence-electron chi connectivity index (χ0n) is 24.4. The molecule has 45 heavy (non-hydrogen) atoms. The molecule has 0 saturated heterocycles. The van der Waals surface area contributed by atoms with Crippen molar-refractivity contribution < 1.29 is 0 Å². The molecule has 7 aromatic carbocycles. The molecule has 0 spiro atoms.